The summed E-state index contributed by atoms with van der Waals surface area (Å²) in [5, 5.41) is 11.7. The van der Waals surface area contributed by atoms with Crippen molar-refractivity contribution in [3.05, 3.63) is 0 Å². The molecular weight excluding hydrogens is 244 g/mol. The summed E-state index contributed by atoms with van der Waals surface area (Å²) in [6.07, 6.45) is 3.11. The van der Waals surface area contributed by atoms with E-state index in [4.69, 9.17) is 5.11 Å². The fourth-order valence-corrected chi connectivity index (χ4v) is 1.86. The highest BCUT2D eigenvalue weighted by atomic mass is 16.4. The molecule has 2 N–H and O–H groups in total. The molecule has 5 nitrogen and oxygen atoms in total. The molecule has 0 aliphatic heterocycles. The molecule has 112 valence electrons. The van der Waals surface area contributed by atoms with E-state index in [1.807, 2.05) is 13.8 Å². The van der Waals surface area contributed by atoms with Gasteiger partial charge in [0.15, 0.2) is 0 Å². The molecule has 1 atom stereocenters. The highest BCUT2D eigenvalue weighted by Crippen LogP contribution is 2.07. The molecule has 5 heteroatoms. The average molecular weight is 272 g/mol. The standard InChI is InChI=1S/C14H28N2O3/c1-6-7-8-9-16(11(4)5)14(19)15-12(10(2)3)13(17)18/h10-12H,6-9H2,1-5H3,(H,15,19)(H,17,18). The van der Waals surface area contributed by atoms with E-state index in [9.17, 15) is 9.59 Å². The third-order valence-corrected chi connectivity index (χ3v) is 3.10. The molecule has 0 fully saturated rings. The molecule has 0 aromatic carbocycles. The van der Waals surface area contributed by atoms with E-state index in [0.717, 1.165) is 19.3 Å². The molecule has 0 rings (SSSR count). The number of unbranched alkanes of at least 4 members (excludes halogenated alkanes) is 2. The number of nitrogens with zero attached hydrogens (tertiary/aromatic N) is 1. The van der Waals surface area contributed by atoms with E-state index >= 15 is 0 Å². The lowest BCUT2D eigenvalue weighted by Crippen LogP contribution is -2.52. The van der Waals surface area contributed by atoms with Crippen LogP contribution in [0.2, 0.25) is 0 Å². The van der Waals surface area contributed by atoms with Crippen LogP contribution in [0.5, 0.6) is 0 Å². The van der Waals surface area contributed by atoms with Gasteiger partial charge in [-0.2, -0.15) is 0 Å². The summed E-state index contributed by atoms with van der Waals surface area (Å²) in [5.41, 5.74) is 0. The molecule has 0 bridgehead atoms. The maximum Gasteiger partial charge on any atom is 0.326 e. The Morgan fingerprint density at radius 3 is 2.11 bits per heavy atom. The van der Waals surface area contributed by atoms with Gasteiger partial charge in [-0.15, -0.1) is 0 Å². The largest absolute Gasteiger partial charge is 0.480 e. The van der Waals surface area contributed by atoms with Gasteiger partial charge in [-0.1, -0.05) is 33.6 Å². The van der Waals surface area contributed by atoms with Gasteiger partial charge >= 0.3 is 12.0 Å². The monoisotopic (exact) mass is 272 g/mol. The van der Waals surface area contributed by atoms with E-state index in [1.54, 1.807) is 18.7 Å². The highest BCUT2D eigenvalue weighted by Gasteiger charge is 2.26. The summed E-state index contributed by atoms with van der Waals surface area (Å²) in [7, 11) is 0. The minimum atomic E-state index is -0.986. The van der Waals surface area contributed by atoms with Crippen molar-refractivity contribution in [2.45, 2.75) is 66.0 Å². The van der Waals surface area contributed by atoms with Crippen molar-refractivity contribution in [1.82, 2.24) is 10.2 Å². The Hall–Kier alpha value is -1.26. The van der Waals surface area contributed by atoms with Crippen LogP contribution in [-0.4, -0.2) is 40.6 Å². The van der Waals surface area contributed by atoms with Crippen molar-refractivity contribution in [2.24, 2.45) is 5.92 Å². The number of nitrogens with one attached hydrogen (secondary N) is 1. The molecule has 0 aromatic rings. The molecule has 0 saturated heterocycles. The average Bonchev–Trinajstić information content (AvgIpc) is 2.30. The quantitative estimate of drug-likeness (QED) is 0.667. The van der Waals surface area contributed by atoms with E-state index < -0.39 is 12.0 Å². The lowest BCUT2D eigenvalue weighted by molar-refractivity contribution is -0.140. The Labute approximate surface area is 116 Å². The predicted octanol–water partition coefficient (Wildman–Crippen LogP) is 2.71. The maximum atomic E-state index is 12.1. The van der Waals surface area contributed by atoms with Gasteiger partial charge in [0.2, 0.25) is 0 Å². The van der Waals surface area contributed by atoms with Gasteiger partial charge in [0, 0.05) is 12.6 Å². The molecule has 1 unspecified atom stereocenters. The van der Waals surface area contributed by atoms with Crippen LogP contribution in [0.15, 0.2) is 0 Å². The Morgan fingerprint density at radius 1 is 1.16 bits per heavy atom. The second-order valence-corrected chi connectivity index (χ2v) is 5.50. The zero-order chi connectivity index (χ0) is 15.0. The SMILES string of the molecule is CCCCCN(C(=O)NC(C(=O)O)C(C)C)C(C)C. The first-order valence-electron chi connectivity index (χ1n) is 7.11. The fourth-order valence-electron chi connectivity index (χ4n) is 1.86. The third-order valence-electron chi connectivity index (χ3n) is 3.10. The van der Waals surface area contributed by atoms with Crippen molar-refractivity contribution in [2.75, 3.05) is 6.54 Å². The Bertz CT molecular complexity index is 290. The van der Waals surface area contributed by atoms with Crippen LogP contribution in [0.1, 0.15) is 53.9 Å². The number of carboxylic acids is 1. The molecule has 0 radical (unpaired) electrons. The summed E-state index contributed by atoms with van der Waals surface area (Å²) in [6, 6.07) is -1.05. The molecule has 19 heavy (non-hydrogen) atoms. The number of hydrogen-bond donors (Lipinski definition) is 2. The summed E-state index contributed by atoms with van der Waals surface area (Å²) < 4.78 is 0. The lowest BCUT2D eigenvalue weighted by atomic mass is 10.1. The van der Waals surface area contributed by atoms with Gasteiger partial charge in [-0.25, -0.2) is 9.59 Å². The van der Waals surface area contributed by atoms with Gasteiger partial charge in [0.25, 0.3) is 0 Å². The minimum absolute atomic E-state index is 0.0680. The molecule has 0 saturated carbocycles. The van der Waals surface area contributed by atoms with E-state index in [-0.39, 0.29) is 18.0 Å². The summed E-state index contributed by atoms with van der Waals surface area (Å²) >= 11 is 0. The second-order valence-electron chi connectivity index (χ2n) is 5.50. The topological polar surface area (TPSA) is 69.6 Å². The summed E-state index contributed by atoms with van der Waals surface area (Å²) in [4.78, 5) is 24.9. The number of urea groups is 1. The molecule has 0 aliphatic rings. The van der Waals surface area contributed by atoms with Crippen LogP contribution in [0.3, 0.4) is 0 Å². The first kappa shape index (κ1) is 17.7. The molecule has 0 aromatic heterocycles. The summed E-state index contributed by atoms with van der Waals surface area (Å²) in [6.45, 7) is 10.2. The second kappa shape index (κ2) is 8.77. The molecule has 0 aliphatic carbocycles. The summed E-state index contributed by atoms with van der Waals surface area (Å²) in [5.74, 6) is -1.12. The molecule has 2 amide bonds. The van der Waals surface area contributed by atoms with Crippen molar-refractivity contribution >= 4 is 12.0 Å². The predicted molar refractivity (Wildman–Crippen MR) is 76.2 cm³/mol. The maximum absolute atomic E-state index is 12.1. The number of aliphatic carboxylic acids is 1. The lowest BCUT2D eigenvalue weighted by Gasteiger charge is -2.29. The van der Waals surface area contributed by atoms with Gasteiger partial charge in [0.1, 0.15) is 6.04 Å². The Balaban J connectivity index is 4.58. The van der Waals surface area contributed by atoms with Crippen LogP contribution in [0.4, 0.5) is 4.79 Å². The number of carbonyl (C=O) groups excluding carboxylic acids is 1. The number of hydrogen-bond acceptors (Lipinski definition) is 2. The number of carbonyl (C=O) groups is 2. The van der Waals surface area contributed by atoms with Crippen LogP contribution in [0, 0.1) is 5.92 Å². The van der Waals surface area contributed by atoms with Gasteiger partial charge in [-0.3, -0.25) is 0 Å². The van der Waals surface area contributed by atoms with E-state index in [1.165, 1.54) is 0 Å². The van der Waals surface area contributed by atoms with Gasteiger partial charge in [0.05, 0.1) is 0 Å². The first-order valence-corrected chi connectivity index (χ1v) is 7.11. The van der Waals surface area contributed by atoms with E-state index in [2.05, 4.69) is 12.2 Å². The molecular formula is C14H28N2O3. The van der Waals surface area contributed by atoms with Crippen molar-refractivity contribution in [3.63, 3.8) is 0 Å². The van der Waals surface area contributed by atoms with Crippen LogP contribution in [0.25, 0.3) is 0 Å². The van der Waals surface area contributed by atoms with E-state index in [0.29, 0.717) is 6.54 Å². The van der Waals surface area contributed by atoms with Crippen molar-refractivity contribution < 1.29 is 14.7 Å². The number of carboxylic acid groups (broad SMARTS) is 1. The normalized spacial score (nSPS) is 12.6. The zero-order valence-electron chi connectivity index (χ0n) is 12.8. The van der Waals surface area contributed by atoms with Gasteiger partial charge in [-0.05, 0) is 26.2 Å². The van der Waals surface area contributed by atoms with Gasteiger partial charge < -0.3 is 15.3 Å². The Morgan fingerprint density at radius 2 is 1.74 bits per heavy atom. The molecule has 0 spiro atoms. The zero-order valence-corrected chi connectivity index (χ0v) is 12.8. The fraction of sp³-hybridized carbons (Fsp3) is 0.857. The number of rotatable bonds is 8. The van der Waals surface area contributed by atoms with Crippen LogP contribution >= 0.6 is 0 Å². The minimum Gasteiger partial charge on any atom is -0.480 e. The van der Waals surface area contributed by atoms with Crippen molar-refractivity contribution in [1.29, 1.82) is 0 Å². The first-order chi connectivity index (χ1) is 8.81. The number of amides is 2. The van der Waals surface area contributed by atoms with Crippen LogP contribution < -0.4 is 5.32 Å². The van der Waals surface area contributed by atoms with Crippen molar-refractivity contribution in [3.8, 4) is 0 Å². The third kappa shape index (κ3) is 6.45. The molecule has 0 heterocycles. The Kier molecular flexibility index (Phi) is 8.19. The van der Waals surface area contributed by atoms with Crippen LogP contribution in [-0.2, 0) is 4.79 Å². The smallest absolute Gasteiger partial charge is 0.326 e. The highest BCUT2D eigenvalue weighted by molar-refractivity contribution is 5.82.